The average molecular weight is 263 g/mol. The number of rotatable bonds is 7. The zero-order valence-corrected chi connectivity index (χ0v) is 11.5. The second-order valence-electron chi connectivity index (χ2n) is 4.52. The normalized spacial score (nSPS) is 10.2. The Morgan fingerprint density at radius 1 is 1.26 bits per heavy atom. The van der Waals surface area contributed by atoms with Crippen LogP contribution in [0.5, 0.6) is 0 Å². The van der Waals surface area contributed by atoms with Gasteiger partial charge in [-0.25, -0.2) is 0 Å². The van der Waals surface area contributed by atoms with Crippen LogP contribution in [0.2, 0.25) is 0 Å². The summed E-state index contributed by atoms with van der Waals surface area (Å²) >= 11 is 0. The van der Waals surface area contributed by atoms with Gasteiger partial charge in [0.15, 0.2) is 0 Å². The monoisotopic (exact) mass is 263 g/mol. The van der Waals surface area contributed by atoms with E-state index >= 15 is 0 Å². The highest BCUT2D eigenvalue weighted by Crippen LogP contribution is 2.07. The van der Waals surface area contributed by atoms with Crippen LogP contribution in [0, 0.1) is 0 Å². The smallest absolute Gasteiger partial charge is 0.248 e. The summed E-state index contributed by atoms with van der Waals surface area (Å²) in [6.07, 6.45) is 1.37. The first-order valence-electron chi connectivity index (χ1n) is 6.32. The molecule has 5 nitrogen and oxygen atoms in total. The van der Waals surface area contributed by atoms with Crippen LogP contribution < -0.4 is 11.1 Å². The molecule has 0 aromatic heterocycles. The Kier molecular flexibility index (Phi) is 6.02. The molecule has 3 N–H and O–H groups in total. The molecule has 0 bridgehead atoms. The Balaban J connectivity index is 2.49. The molecule has 0 unspecified atom stereocenters. The van der Waals surface area contributed by atoms with Crippen molar-refractivity contribution in [2.24, 2.45) is 5.73 Å². The van der Waals surface area contributed by atoms with Crippen LogP contribution in [0.4, 0.5) is 0 Å². The Labute approximate surface area is 113 Å². The van der Waals surface area contributed by atoms with E-state index in [9.17, 15) is 9.59 Å². The van der Waals surface area contributed by atoms with E-state index in [-0.39, 0.29) is 5.91 Å². The van der Waals surface area contributed by atoms with Gasteiger partial charge >= 0.3 is 0 Å². The molecule has 19 heavy (non-hydrogen) atoms. The second kappa shape index (κ2) is 7.53. The molecule has 0 radical (unpaired) electrons. The molecular formula is C14H21N3O2. The van der Waals surface area contributed by atoms with E-state index in [4.69, 9.17) is 5.73 Å². The first-order valence-corrected chi connectivity index (χ1v) is 6.32. The number of benzene rings is 1. The van der Waals surface area contributed by atoms with Gasteiger partial charge in [0.25, 0.3) is 0 Å². The molecule has 0 aliphatic rings. The lowest BCUT2D eigenvalue weighted by molar-refractivity contribution is -0.130. The third-order valence-electron chi connectivity index (χ3n) is 2.90. The van der Waals surface area contributed by atoms with Gasteiger partial charge in [-0.15, -0.1) is 0 Å². The minimum atomic E-state index is -0.442. The number of carbonyl (C=O) groups is 2. The number of carbonyl (C=O) groups excluding carboxylic acids is 2. The molecule has 0 atom stereocenters. The highest BCUT2D eigenvalue weighted by atomic mass is 16.2. The quantitative estimate of drug-likeness (QED) is 0.713. The van der Waals surface area contributed by atoms with Crippen LogP contribution in [0.1, 0.15) is 28.8 Å². The fourth-order valence-corrected chi connectivity index (χ4v) is 1.74. The van der Waals surface area contributed by atoms with Crippen molar-refractivity contribution < 1.29 is 9.59 Å². The summed E-state index contributed by atoms with van der Waals surface area (Å²) < 4.78 is 0. The van der Waals surface area contributed by atoms with Crippen molar-refractivity contribution in [2.45, 2.75) is 19.4 Å². The maximum atomic E-state index is 11.8. The third-order valence-corrected chi connectivity index (χ3v) is 2.90. The van der Waals surface area contributed by atoms with Gasteiger partial charge in [0, 0.05) is 25.6 Å². The summed E-state index contributed by atoms with van der Waals surface area (Å²) in [7, 11) is 3.65. The third kappa shape index (κ3) is 5.09. The van der Waals surface area contributed by atoms with Crippen molar-refractivity contribution in [1.82, 2.24) is 10.2 Å². The van der Waals surface area contributed by atoms with Crippen molar-refractivity contribution in [2.75, 3.05) is 20.6 Å². The first kappa shape index (κ1) is 15.2. The van der Waals surface area contributed by atoms with Crippen molar-refractivity contribution in [3.05, 3.63) is 35.4 Å². The average Bonchev–Trinajstić information content (AvgIpc) is 2.39. The molecule has 0 aliphatic carbocycles. The van der Waals surface area contributed by atoms with E-state index in [1.54, 1.807) is 24.1 Å². The van der Waals surface area contributed by atoms with Crippen LogP contribution in [0.15, 0.2) is 24.3 Å². The fourth-order valence-electron chi connectivity index (χ4n) is 1.74. The van der Waals surface area contributed by atoms with Crippen LogP contribution in [0.25, 0.3) is 0 Å². The molecule has 5 heteroatoms. The number of nitrogens with zero attached hydrogens (tertiary/aromatic N) is 1. The molecule has 104 valence electrons. The van der Waals surface area contributed by atoms with Gasteiger partial charge in [-0.05, 0) is 37.7 Å². The van der Waals surface area contributed by atoms with E-state index in [1.165, 1.54) is 0 Å². The largest absolute Gasteiger partial charge is 0.366 e. The van der Waals surface area contributed by atoms with Crippen molar-refractivity contribution in [3.63, 3.8) is 0 Å². The zero-order chi connectivity index (χ0) is 14.3. The molecule has 1 rings (SSSR count). The van der Waals surface area contributed by atoms with Gasteiger partial charge in [0.1, 0.15) is 0 Å². The number of amides is 2. The van der Waals surface area contributed by atoms with Gasteiger partial charge in [0.05, 0.1) is 0 Å². The molecule has 1 aromatic carbocycles. The summed E-state index contributed by atoms with van der Waals surface area (Å²) in [6.45, 7) is 1.38. The highest BCUT2D eigenvalue weighted by molar-refractivity contribution is 5.92. The summed E-state index contributed by atoms with van der Waals surface area (Å²) in [5.74, 6) is -0.322. The second-order valence-corrected chi connectivity index (χ2v) is 4.52. The topological polar surface area (TPSA) is 75.4 Å². The molecule has 0 saturated heterocycles. The molecule has 0 spiro atoms. The van der Waals surface area contributed by atoms with Crippen molar-refractivity contribution in [1.29, 1.82) is 0 Å². The van der Waals surface area contributed by atoms with Crippen LogP contribution >= 0.6 is 0 Å². The van der Waals surface area contributed by atoms with Crippen LogP contribution in [-0.4, -0.2) is 37.4 Å². The molecule has 0 fully saturated rings. The van der Waals surface area contributed by atoms with E-state index in [0.29, 0.717) is 18.5 Å². The Morgan fingerprint density at radius 2 is 1.89 bits per heavy atom. The standard InChI is InChI=1S/C14H21N3O2/c1-16-9-3-4-13(18)17(2)10-11-5-7-12(8-6-11)14(15)19/h5-8,16H,3-4,9-10H2,1-2H3,(H2,15,19). The Morgan fingerprint density at radius 3 is 2.42 bits per heavy atom. The van der Waals surface area contributed by atoms with Crippen LogP contribution in [-0.2, 0) is 11.3 Å². The van der Waals surface area contributed by atoms with Gasteiger partial charge in [-0.3, -0.25) is 9.59 Å². The maximum Gasteiger partial charge on any atom is 0.248 e. The number of hydrogen-bond donors (Lipinski definition) is 2. The lowest BCUT2D eigenvalue weighted by atomic mass is 10.1. The van der Waals surface area contributed by atoms with Gasteiger partial charge in [0.2, 0.25) is 11.8 Å². The van der Waals surface area contributed by atoms with E-state index in [1.807, 2.05) is 19.2 Å². The van der Waals surface area contributed by atoms with E-state index in [0.717, 1.165) is 18.5 Å². The van der Waals surface area contributed by atoms with Crippen molar-refractivity contribution in [3.8, 4) is 0 Å². The number of nitrogens with two attached hydrogens (primary N) is 1. The highest BCUT2D eigenvalue weighted by Gasteiger charge is 2.09. The predicted molar refractivity (Wildman–Crippen MR) is 74.6 cm³/mol. The summed E-state index contributed by atoms with van der Waals surface area (Å²) in [5, 5.41) is 3.01. The molecule has 2 amide bonds. The number of hydrogen-bond acceptors (Lipinski definition) is 3. The fraction of sp³-hybridized carbons (Fsp3) is 0.429. The molecule has 0 aliphatic heterocycles. The predicted octanol–water partition coefficient (Wildman–Crippen LogP) is 0.743. The number of nitrogens with one attached hydrogen (secondary N) is 1. The lowest BCUT2D eigenvalue weighted by Gasteiger charge is -2.17. The molecular weight excluding hydrogens is 242 g/mol. The summed E-state index contributed by atoms with van der Waals surface area (Å²) in [4.78, 5) is 24.5. The Hall–Kier alpha value is -1.88. The minimum Gasteiger partial charge on any atom is -0.366 e. The van der Waals surface area contributed by atoms with E-state index < -0.39 is 5.91 Å². The van der Waals surface area contributed by atoms with Crippen molar-refractivity contribution >= 4 is 11.8 Å². The van der Waals surface area contributed by atoms with E-state index in [2.05, 4.69) is 5.32 Å². The first-order chi connectivity index (χ1) is 9.04. The minimum absolute atomic E-state index is 0.120. The molecule has 0 heterocycles. The van der Waals surface area contributed by atoms with Crippen LogP contribution in [0.3, 0.4) is 0 Å². The zero-order valence-electron chi connectivity index (χ0n) is 11.5. The lowest BCUT2D eigenvalue weighted by Crippen LogP contribution is -2.26. The summed E-state index contributed by atoms with van der Waals surface area (Å²) in [5.41, 5.74) is 6.63. The SMILES string of the molecule is CNCCCC(=O)N(C)Cc1ccc(C(N)=O)cc1. The molecule has 0 saturated carbocycles. The number of primary amides is 1. The summed E-state index contributed by atoms with van der Waals surface area (Å²) in [6, 6.07) is 6.99. The van der Waals surface area contributed by atoms with Gasteiger partial charge in [-0.1, -0.05) is 12.1 Å². The molecule has 1 aromatic rings. The Bertz CT molecular complexity index is 429. The maximum absolute atomic E-state index is 11.8. The van der Waals surface area contributed by atoms with Gasteiger partial charge < -0.3 is 16.0 Å². The van der Waals surface area contributed by atoms with Gasteiger partial charge in [-0.2, -0.15) is 0 Å².